The lowest BCUT2D eigenvalue weighted by Gasteiger charge is -2.15. The topological polar surface area (TPSA) is 30.2 Å². The van der Waals surface area contributed by atoms with E-state index < -0.39 is 0 Å². The number of halogens is 2. The fraction of sp³-hybridized carbons (Fsp3) is 0.250. The molecule has 21 heavy (non-hydrogen) atoms. The van der Waals surface area contributed by atoms with Crippen molar-refractivity contribution >= 4 is 17.2 Å². The Balaban J connectivity index is 1.98. The summed E-state index contributed by atoms with van der Waals surface area (Å²) in [7, 11) is 0. The molecule has 0 atom stereocenters. The van der Waals surface area contributed by atoms with E-state index in [2.05, 4.69) is 9.97 Å². The van der Waals surface area contributed by atoms with Crippen LogP contribution in [0, 0.1) is 5.82 Å². The number of benzene rings is 1. The molecule has 106 valence electrons. The van der Waals surface area contributed by atoms with Crippen molar-refractivity contribution in [2.45, 2.75) is 25.7 Å². The van der Waals surface area contributed by atoms with Gasteiger partial charge in [-0.2, -0.15) is 0 Å². The van der Waals surface area contributed by atoms with Crippen molar-refractivity contribution in [2.75, 3.05) is 0 Å². The molecule has 0 saturated heterocycles. The fourth-order valence-corrected chi connectivity index (χ4v) is 3.18. The molecular weight excluding hydrogens is 289 g/mol. The highest BCUT2D eigenvalue weighted by atomic mass is 35.5. The molecule has 3 nitrogen and oxygen atoms in total. The molecule has 4 rings (SSSR count). The van der Waals surface area contributed by atoms with Crippen molar-refractivity contribution in [3.63, 3.8) is 0 Å². The van der Waals surface area contributed by atoms with Gasteiger partial charge in [-0.15, -0.1) is 0 Å². The maximum atomic E-state index is 13.9. The van der Waals surface area contributed by atoms with Gasteiger partial charge in [0.1, 0.15) is 11.5 Å². The molecular formula is C16H13ClFN3. The van der Waals surface area contributed by atoms with Crippen LogP contribution < -0.4 is 0 Å². The van der Waals surface area contributed by atoms with Crippen LogP contribution in [0.4, 0.5) is 4.39 Å². The summed E-state index contributed by atoms with van der Waals surface area (Å²) in [5.41, 5.74) is 4.07. The number of hydrogen-bond acceptors (Lipinski definition) is 2. The van der Waals surface area contributed by atoms with Crippen LogP contribution in [0.3, 0.4) is 0 Å². The number of hydrogen-bond donors (Lipinski definition) is 0. The van der Waals surface area contributed by atoms with E-state index in [1.807, 2.05) is 0 Å². The summed E-state index contributed by atoms with van der Waals surface area (Å²) in [4.78, 5) is 9.08. The van der Waals surface area contributed by atoms with Crippen molar-refractivity contribution in [1.82, 2.24) is 14.4 Å². The summed E-state index contributed by atoms with van der Waals surface area (Å²) in [6.45, 7) is 0. The monoisotopic (exact) mass is 301 g/mol. The average Bonchev–Trinajstić information content (AvgIpc) is 2.94. The van der Waals surface area contributed by atoms with E-state index in [0.29, 0.717) is 16.5 Å². The second-order valence-corrected chi connectivity index (χ2v) is 5.65. The molecule has 0 radical (unpaired) electrons. The molecule has 0 N–H and O–H groups in total. The van der Waals surface area contributed by atoms with E-state index in [1.165, 1.54) is 6.07 Å². The first kappa shape index (κ1) is 12.8. The van der Waals surface area contributed by atoms with Gasteiger partial charge in [0, 0.05) is 17.3 Å². The molecule has 5 heteroatoms. The van der Waals surface area contributed by atoms with Gasteiger partial charge < -0.3 is 0 Å². The summed E-state index contributed by atoms with van der Waals surface area (Å²) in [6.07, 6.45) is 5.92. The number of aryl methyl sites for hydroxylation is 2. The van der Waals surface area contributed by atoms with Gasteiger partial charge in [-0.3, -0.25) is 4.40 Å². The minimum absolute atomic E-state index is 0.279. The highest BCUT2D eigenvalue weighted by Gasteiger charge is 2.19. The van der Waals surface area contributed by atoms with Crippen molar-refractivity contribution in [3.05, 3.63) is 52.8 Å². The molecule has 0 saturated carbocycles. The second kappa shape index (κ2) is 4.81. The molecule has 1 aromatic carbocycles. The average molecular weight is 302 g/mol. The van der Waals surface area contributed by atoms with E-state index in [-0.39, 0.29) is 5.82 Å². The summed E-state index contributed by atoms with van der Waals surface area (Å²) in [5.74, 6) is -0.279. The van der Waals surface area contributed by atoms with Gasteiger partial charge in [0.25, 0.3) is 0 Å². The Morgan fingerprint density at radius 1 is 1.10 bits per heavy atom. The zero-order valence-corrected chi connectivity index (χ0v) is 12.1. The molecule has 1 aliphatic rings. The van der Waals surface area contributed by atoms with Crippen LogP contribution in [-0.4, -0.2) is 14.4 Å². The lowest BCUT2D eigenvalue weighted by atomic mass is 9.97. The number of nitrogens with zero attached hydrogens (tertiary/aromatic N) is 3. The van der Waals surface area contributed by atoms with Crippen LogP contribution in [0.2, 0.25) is 5.28 Å². The van der Waals surface area contributed by atoms with Gasteiger partial charge in [-0.1, -0.05) is 12.1 Å². The highest BCUT2D eigenvalue weighted by molar-refractivity contribution is 6.28. The maximum absolute atomic E-state index is 13.9. The third kappa shape index (κ3) is 2.02. The van der Waals surface area contributed by atoms with Crippen molar-refractivity contribution < 1.29 is 4.39 Å². The molecule has 0 spiro atoms. The van der Waals surface area contributed by atoms with Gasteiger partial charge in [-0.05, 0) is 49.4 Å². The summed E-state index contributed by atoms with van der Waals surface area (Å²) >= 11 is 6.25. The quantitative estimate of drug-likeness (QED) is 0.634. The Bertz CT molecular complexity index is 841. The fourth-order valence-electron chi connectivity index (χ4n) is 2.95. The molecule has 2 aromatic heterocycles. The summed E-state index contributed by atoms with van der Waals surface area (Å²) in [5, 5.41) is 0.390. The Labute approximate surface area is 126 Å². The van der Waals surface area contributed by atoms with E-state index in [4.69, 9.17) is 11.6 Å². The Morgan fingerprint density at radius 3 is 2.76 bits per heavy atom. The van der Waals surface area contributed by atoms with Gasteiger partial charge in [-0.25, -0.2) is 14.4 Å². The van der Waals surface area contributed by atoms with Gasteiger partial charge >= 0.3 is 0 Å². The Hall–Kier alpha value is -1.94. The third-order valence-corrected chi connectivity index (χ3v) is 4.26. The molecule has 0 fully saturated rings. The lowest BCUT2D eigenvalue weighted by molar-refractivity contribution is 0.631. The first-order valence-corrected chi connectivity index (χ1v) is 7.43. The van der Waals surface area contributed by atoms with E-state index in [9.17, 15) is 4.39 Å². The maximum Gasteiger partial charge on any atom is 0.208 e. The largest absolute Gasteiger partial charge is 0.274 e. The van der Waals surface area contributed by atoms with E-state index >= 15 is 0 Å². The second-order valence-electron chi connectivity index (χ2n) is 5.31. The zero-order valence-electron chi connectivity index (χ0n) is 11.3. The predicted octanol–water partition coefficient (Wildman–Crippen LogP) is 4.07. The van der Waals surface area contributed by atoms with Gasteiger partial charge in [0.2, 0.25) is 5.28 Å². The lowest BCUT2D eigenvalue weighted by Crippen LogP contribution is -2.09. The van der Waals surface area contributed by atoms with Gasteiger partial charge in [0.15, 0.2) is 0 Å². The van der Waals surface area contributed by atoms with Crippen LogP contribution in [0.1, 0.15) is 24.1 Å². The van der Waals surface area contributed by atoms with Gasteiger partial charge in [0.05, 0.1) is 11.4 Å². The molecule has 0 amide bonds. The molecule has 0 bridgehead atoms. The van der Waals surface area contributed by atoms with Crippen LogP contribution in [0.15, 0.2) is 30.5 Å². The molecule has 2 heterocycles. The summed E-state index contributed by atoms with van der Waals surface area (Å²) in [6, 6.07) is 6.64. The molecule has 3 aromatic rings. The number of fused-ring (bicyclic) bond motifs is 3. The number of imidazole rings is 1. The van der Waals surface area contributed by atoms with Crippen molar-refractivity contribution in [1.29, 1.82) is 0 Å². The predicted molar refractivity (Wildman–Crippen MR) is 80.0 cm³/mol. The van der Waals surface area contributed by atoms with E-state index in [0.717, 1.165) is 42.6 Å². The molecule has 0 aliphatic heterocycles. The van der Waals surface area contributed by atoms with Crippen molar-refractivity contribution in [2.24, 2.45) is 0 Å². The molecule has 0 unspecified atom stereocenters. The highest BCUT2D eigenvalue weighted by Crippen LogP contribution is 2.29. The smallest absolute Gasteiger partial charge is 0.208 e. The van der Waals surface area contributed by atoms with Crippen LogP contribution >= 0.6 is 11.6 Å². The normalized spacial score (nSPS) is 14.4. The van der Waals surface area contributed by atoms with E-state index in [1.54, 1.807) is 28.8 Å². The first-order valence-electron chi connectivity index (χ1n) is 7.05. The molecule has 1 aliphatic carbocycles. The van der Waals surface area contributed by atoms with Crippen LogP contribution in [0.5, 0.6) is 0 Å². The Morgan fingerprint density at radius 2 is 1.90 bits per heavy atom. The number of aromatic nitrogens is 3. The summed E-state index contributed by atoms with van der Waals surface area (Å²) < 4.78 is 15.7. The minimum Gasteiger partial charge on any atom is -0.274 e. The third-order valence-electron chi connectivity index (χ3n) is 3.99. The minimum atomic E-state index is -0.279. The zero-order chi connectivity index (χ0) is 14.4. The first-order chi connectivity index (χ1) is 10.2. The standard InChI is InChI=1S/C16H13ClFN3/c17-16-20-13-8-4-2-6-11(13)15-19-14(9-21(15)16)10-5-1-3-7-12(10)18/h1,3,5,7,9H,2,4,6,8H2. The van der Waals surface area contributed by atoms with Crippen LogP contribution in [-0.2, 0) is 12.8 Å². The number of rotatable bonds is 1. The SMILES string of the molecule is Fc1ccccc1-c1cn2c(Cl)nc3c(c2n1)CCCC3. The van der Waals surface area contributed by atoms with Crippen molar-refractivity contribution in [3.8, 4) is 11.3 Å². The van der Waals surface area contributed by atoms with Crippen LogP contribution in [0.25, 0.3) is 16.9 Å². The Kier molecular flexibility index (Phi) is 2.93.